The van der Waals surface area contributed by atoms with Crippen LogP contribution in [0.4, 0.5) is 0 Å². The van der Waals surface area contributed by atoms with Crippen molar-refractivity contribution in [3.63, 3.8) is 0 Å². The van der Waals surface area contributed by atoms with E-state index in [4.69, 9.17) is 0 Å². The Kier molecular flexibility index (Phi) is 5.32. The molecule has 0 aliphatic carbocycles. The fraction of sp³-hybridized carbons (Fsp3) is 1.00. The first-order chi connectivity index (χ1) is 6.69. The van der Waals surface area contributed by atoms with Crippen LogP contribution < -0.4 is 0 Å². The topological polar surface area (TPSA) is 3.24 Å². The average molecular weight is 215 g/mol. The Morgan fingerprint density at radius 3 is 2.71 bits per heavy atom. The minimum atomic E-state index is 0.722. The Morgan fingerprint density at radius 2 is 2.21 bits per heavy atom. The van der Waals surface area contributed by atoms with Gasteiger partial charge in [0.2, 0.25) is 0 Å². The Balaban J connectivity index is 2.45. The maximum atomic E-state index is 4.45. The highest BCUT2D eigenvalue weighted by Crippen LogP contribution is 2.23. The third kappa shape index (κ3) is 3.16. The van der Waals surface area contributed by atoms with E-state index in [-0.39, 0.29) is 0 Å². The van der Waals surface area contributed by atoms with Crippen molar-refractivity contribution in [1.82, 2.24) is 4.90 Å². The molecule has 1 aliphatic rings. The second-order valence-corrected chi connectivity index (χ2v) is 5.20. The number of likely N-dealkylation sites (tertiary alicyclic amines) is 1. The van der Waals surface area contributed by atoms with Gasteiger partial charge in [0.25, 0.3) is 0 Å². The highest BCUT2D eigenvalue weighted by atomic mass is 32.1. The highest BCUT2D eigenvalue weighted by molar-refractivity contribution is 7.80. The van der Waals surface area contributed by atoms with Gasteiger partial charge in [0.05, 0.1) is 0 Å². The SMILES string of the molecule is CCC(CS)C(C)N1CCCC(C)C1. The predicted molar refractivity (Wildman–Crippen MR) is 67.1 cm³/mol. The van der Waals surface area contributed by atoms with Crippen LogP contribution >= 0.6 is 12.6 Å². The zero-order chi connectivity index (χ0) is 10.6. The van der Waals surface area contributed by atoms with Gasteiger partial charge >= 0.3 is 0 Å². The van der Waals surface area contributed by atoms with Gasteiger partial charge in [0.1, 0.15) is 0 Å². The molecule has 0 spiro atoms. The van der Waals surface area contributed by atoms with Gasteiger partial charge in [-0.1, -0.05) is 20.3 Å². The number of hydrogen-bond donors (Lipinski definition) is 1. The van der Waals surface area contributed by atoms with E-state index in [0.29, 0.717) is 0 Å². The fourth-order valence-electron chi connectivity index (χ4n) is 2.52. The molecular weight excluding hydrogens is 190 g/mol. The van der Waals surface area contributed by atoms with E-state index in [1.165, 1.54) is 32.4 Å². The van der Waals surface area contributed by atoms with Gasteiger partial charge in [-0.3, -0.25) is 0 Å². The van der Waals surface area contributed by atoms with Gasteiger partial charge in [-0.15, -0.1) is 0 Å². The number of piperidine rings is 1. The van der Waals surface area contributed by atoms with Crippen molar-refractivity contribution >= 4 is 12.6 Å². The molecule has 1 rings (SSSR count). The summed E-state index contributed by atoms with van der Waals surface area (Å²) in [4.78, 5) is 2.67. The molecule has 84 valence electrons. The van der Waals surface area contributed by atoms with Crippen molar-refractivity contribution < 1.29 is 0 Å². The highest BCUT2D eigenvalue weighted by Gasteiger charge is 2.25. The summed E-state index contributed by atoms with van der Waals surface area (Å²) in [6.07, 6.45) is 4.06. The minimum Gasteiger partial charge on any atom is -0.300 e. The van der Waals surface area contributed by atoms with Crippen LogP contribution in [-0.2, 0) is 0 Å². The Morgan fingerprint density at radius 1 is 1.50 bits per heavy atom. The van der Waals surface area contributed by atoms with Crippen LogP contribution in [0, 0.1) is 11.8 Å². The third-order valence-corrected chi connectivity index (χ3v) is 4.17. The van der Waals surface area contributed by atoms with Crippen LogP contribution in [-0.4, -0.2) is 29.8 Å². The summed E-state index contributed by atoms with van der Waals surface area (Å²) in [6, 6.07) is 0.722. The van der Waals surface area contributed by atoms with E-state index in [0.717, 1.165) is 23.6 Å². The first-order valence-electron chi connectivity index (χ1n) is 6.04. The van der Waals surface area contributed by atoms with Crippen molar-refractivity contribution in [2.75, 3.05) is 18.8 Å². The summed E-state index contributed by atoms with van der Waals surface area (Å²) >= 11 is 4.45. The maximum Gasteiger partial charge on any atom is 0.0103 e. The minimum absolute atomic E-state index is 0.722. The van der Waals surface area contributed by atoms with Gasteiger partial charge in [0, 0.05) is 12.6 Å². The number of rotatable bonds is 4. The summed E-state index contributed by atoms with van der Waals surface area (Å²) in [7, 11) is 0. The van der Waals surface area contributed by atoms with E-state index in [1.54, 1.807) is 0 Å². The molecule has 14 heavy (non-hydrogen) atoms. The first-order valence-corrected chi connectivity index (χ1v) is 6.67. The smallest absolute Gasteiger partial charge is 0.0103 e. The zero-order valence-electron chi connectivity index (χ0n) is 9.87. The quantitative estimate of drug-likeness (QED) is 0.705. The van der Waals surface area contributed by atoms with Crippen molar-refractivity contribution in [2.45, 2.75) is 46.1 Å². The number of hydrogen-bond acceptors (Lipinski definition) is 2. The van der Waals surface area contributed by atoms with Gasteiger partial charge in [0.15, 0.2) is 0 Å². The van der Waals surface area contributed by atoms with Crippen LogP contribution in [0.25, 0.3) is 0 Å². The van der Waals surface area contributed by atoms with E-state index >= 15 is 0 Å². The lowest BCUT2D eigenvalue weighted by atomic mass is 9.93. The predicted octanol–water partition coefficient (Wildman–Crippen LogP) is 3.06. The lowest BCUT2D eigenvalue weighted by molar-refractivity contribution is 0.107. The van der Waals surface area contributed by atoms with Crippen LogP contribution in [0.2, 0.25) is 0 Å². The second kappa shape index (κ2) is 6.02. The number of nitrogens with zero attached hydrogens (tertiary/aromatic N) is 1. The van der Waals surface area contributed by atoms with Crippen LogP contribution in [0.1, 0.15) is 40.0 Å². The van der Waals surface area contributed by atoms with Gasteiger partial charge < -0.3 is 4.90 Å². The van der Waals surface area contributed by atoms with E-state index in [9.17, 15) is 0 Å². The molecule has 3 unspecified atom stereocenters. The average Bonchev–Trinajstić information content (AvgIpc) is 2.19. The number of thiol groups is 1. The standard InChI is InChI=1S/C12H25NS/c1-4-12(9-14)11(3)13-7-5-6-10(2)8-13/h10-12,14H,4-9H2,1-3H3. The van der Waals surface area contributed by atoms with Crippen molar-refractivity contribution in [2.24, 2.45) is 11.8 Å². The molecule has 2 heteroatoms. The normalized spacial score (nSPS) is 28.7. The van der Waals surface area contributed by atoms with Crippen molar-refractivity contribution in [3.05, 3.63) is 0 Å². The van der Waals surface area contributed by atoms with Crippen molar-refractivity contribution in [3.8, 4) is 0 Å². The summed E-state index contributed by atoms with van der Waals surface area (Å²) < 4.78 is 0. The molecule has 1 fully saturated rings. The van der Waals surface area contributed by atoms with Gasteiger partial charge in [-0.05, 0) is 43.9 Å². The lowest BCUT2D eigenvalue weighted by Crippen LogP contribution is -2.44. The van der Waals surface area contributed by atoms with Crippen LogP contribution in [0.5, 0.6) is 0 Å². The molecule has 0 radical (unpaired) electrons. The molecule has 0 amide bonds. The maximum absolute atomic E-state index is 4.45. The van der Waals surface area contributed by atoms with Crippen LogP contribution in [0.15, 0.2) is 0 Å². The molecule has 1 heterocycles. The molecule has 0 aromatic carbocycles. The molecule has 1 aliphatic heterocycles. The Bertz CT molecular complexity index is 156. The zero-order valence-corrected chi connectivity index (χ0v) is 10.8. The molecule has 0 N–H and O–H groups in total. The molecule has 0 aromatic heterocycles. The van der Waals surface area contributed by atoms with Gasteiger partial charge in [-0.2, -0.15) is 12.6 Å². The summed E-state index contributed by atoms with van der Waals surface area (Å²) in [5, 5.41) is 0. The second-order valence-electron chi connectivity index (χ2n) is 4.83. The summed E-state index contributed by atoms with van der Waals surface area (Å²) in [6.45, 7) is 9.63. The largest absolute Gasteiger partial charge is 0.300 e. The Hall–Kier alpha value is 0.310. The van der Waals surface area contributed by atoms with Crippen molar-refractivity contribution in [1.29, 1.82) is 0 Å². The van der Waals surface area contributed by atoms with Gasteiger partial charge in [-0.25, -0.2) is 0 Å². The summed E-state index contributed by atoms with van der Waals surface area (Å²) in [5.74, 6) is 2.69. The summed E-state index contributed by atoms with van der Waals surface area (Å²) in [5.41, 5.74) is 0. The molecule has 1 saturated heterocycles. The molecular formula is C12H25NS. The van der Waals surface area contributed by atoms with E-state index < -0.39 is 0 Å². The monoisotopic (exact) mass is 215 g/mol. The lowest BCUT2D eigenvalue weighted by Gasteiger charge is -2.38. The van der Waals surface area contributed by atoms with E-state index in [2.05, 4.69) is 38.3 Å². The first kappa shape index (κ1) is 12.4. The fourth-order valence-corrected chi connectivity index (χ4v) is 3.08. The molecule has 0 aromatic rings. The third-order valence-electron chi connectivity index (χ3n) is 3.71. The molecule has 0 saturated carbocycles. The molecule has 1 nitrogen and oxygen atoms in total. The Labute approximate surface area is 94.7 Å². The molecule has 3 atom stereocenters. The van der Waals surface area contributed by atoms with Crippen LogP contribution in [0.3, 0.4) is 0 Å². The molecule has 0 bridgehead atoms. The van der Waals surface area contributed by atoms with E-state index in [1.807, 2.05) is 0 Å².